The van der Waals surface area contributed by atoms with Crippen LogP contribution in [0, 0.1) is 0 Å². The average Bonchev–Trinajstić information content (AvgIpc) is 2.75. The molecule has 0 aliphatic rings. The average molecular weight is 410 g/mol. The molecule has 150 valence electrons. The van der Waals surface area contributed by atoms with Crippen molar-refractivity contribution >= 4 is 21.6 Å². The van der Waals surface area contributed by atoms with Crippen LogP contribution in [0.3, 0.4) is 0 Å². The van der Waals surface area contributed by atoms with Gasteiger partial charge in [-0.3, -0.25) is 14.1 Å². The maximum Gasteiger partial charge on any atom is 0.264 e. The molecule has 0 aliphatic heterocycles. The molecular formula is C22H23N3O3S. The third-order valence-electron chi connectivity index (χ3n) is 4.59. The second-order valence-corrected chi connectivity index (χ2v) is 8.37. The number of aromatic nitrogens is 1. The van der Waals surface area contributed by atoms with Crippen molar-refractivity contribution in [3.05, 3.63) is 90.3 Å². The number of nitrogens with one attached hydrogen (secondary N) is 1. The van der Waals surface area contributed by atoms with Gasteiger partial charge in [0, 0.05) is 24.5 Å². The number of carbonyl (C=O) groups excluding carboxylic acids is 1. The molecule has 3 aromatic rings. The van der Waals surface area contributed by atoms with Crippen LogP contribution < -0.4 is 9.62 Å². The first-order valence-electron chi connectivity index (χ1n) is 9.32. The topological polar surface area (TPSA) is 79.4 Å². The van der Waals surface area contributed by atoms with Crippen LogP contribution in [0.15, 0.2) is 84.0 Å². The number of sulfonamides is 1. The third-order valence-corrected chi connectivity index (χ3v) is 6.51. The van der Waals surface area contributed by atoms with Gasteiger partial charge in [-0.05, 0) is 67.9 Å². The number of anilines is 1. The number of pyridine rings is 1. The van der Waals surface area contributed by atoms with E-state index >= 15 is 0 Å². The van der Waals surface area contributed by atoms with Crippen molar-refractivity contribution in [1.82, 2.24) is 10.3 Å². The van der Waals surface area contributed by atoms with E-state index in [-0.39, 0.29) is 16.8 Å². The van der Waals surface area contributed by atoms with Crippen molar-refractivity contribution in [2.24, 2.45) is 0 Å². The lowest BCUT2D eigenvalue weighted by Crippen LogP contribution is -2.31. The van der Waals surface area contributed by atoms with E-state index in [4.69, 9.17) is 0 Å². The molecule has 1 atom stereocenters. The van der Waals surface area contributed by atoms with Crippen molar-refractivity contribution < 1.29 is 13.2 Å². The highest BCUT2D eigenvalue weighted by molar-refractivity contribution is 7.92. The van der Waals surface area contributed by atoms with E-state index in [9.17, 15) is 13.2 Å². The van der Waals surface area contributed by atoms with Gasteiger partial charge in [0.15, 0.2) is 0 Å². The van der Waals surface area contributed by atoms with E-state index in [1.54, 1.807) is 43.6 Å². The second kappa shape index (κ2) is 8.87. The van der Waals surface area contributed by atoms with Crippen LogP contribution in [0.2, 0.25) is 0 Å². The van der Waals surface area contributed by atoms with Crippen molar-refractivity contribution in [3.63, 3.8) is 0 Å². The summed E-state index contributed by atoms with van der Waals surface area (Å²) in [5.41, 5.74) is 1.93. The van der Waals surface area contributed by atoms with Gasteiger partial charge in [0.1, 0.15) is 0 Å². The van der Waals surface area contributed by atoms with E-state index in [0.717, 1.165) is 5.56 Å². The summed E-state index contributed by atoms with van der Waals surface area (Å²) in [6, 6.07) is 18.4. The first kappa shape index (κ1) is 20.5. The molecule has 0 saturated carbocycles. The second-order valence-electron chi connectivity index (χ2n) is 6.51. The zero-order chi connectivity index (χ0) is 20.9. The van der Waals surface area contributed by atoms with Crippen LogP contribution >= 0.6 is 0 Å². The minimum absolute atomic E-state index is 0.141. The van der Waals surface area contributed by atoms with E-state index in [2.05, 4.69) is 10.3 Å². The number of hydrogen-bond acceptors (Lipinski definition) is 4. The quantitative estimate of drug-likeness (QED) is 0.644. The summed E-state index contributed by atoms with van der Waals surface area (Å²) < 4.78 is 27.4. The number of para-hydroxylation sites is 1. The molecule has 0 radical (unpaired) electrons. The Balaban J connectivity index is 1.77. The van der Waals surface area contributed by atoms with Crippen LogP contribution in [0.4, 0.5) is 5.69 Å². The summed E-state index contributed by atoms with van der Waals surface area (Å²) >= 11 is 0. The smallest absolute Gasteiger partial charge is 0.264 e. The van der Waals surface area contributed by atoms with E-state index in [1.165, 1.54) is 28.6 Å². The third kappa shape index (κ3) is 4.63. The maximum absolute atomic E-state index is 13.0. The zero-order valence-corrected chi connectivity index (χ0v) is 17.1. The molecule has 2 aromatic carbocycles. The molecule has 1 aromatic heterocycles. The monoisotopic (exact) mass is 409 g/mol. The number of amides is 1. The Kier molecular flexibility index (Phi) is 6.29. The highest BCUT2D eigenvalue weighted by atomic mass is 32.2. The fraction of sp³-hybridized carbons (Fsp3) is 0.182. The number of hydrogen-bond donors (Lipinski definition) is 1. The molecule has 1 N–H and O–H groups in total. The Bertz CT molecular complexity index is 1050. The summed E-state index contributed by atoms with van der Waals surface area (Å²) in [5, 5.41) is 2.90. The Labute approximate surface area is 171 Å². The number of carbonyl (C=O) groups is 1. The van der Waals surface area contributed by atoms with Crippen LogP contribution in [0.1, 0.15) is 35.8 Å². The molecule has 0 bridgehead atoms. The molecule has 1 amide bonds. The van der Waals surface area contributed by atoms with Crippen LogP contribution in [0.25, 0.3) is 0 Å². The largest absolute Gasteiger partial charge is 0.346 e. The Morgan fingerprint density at radius 2 is 1.62 bits per heavy atom. The minimum Gasteiger partial charge on any atom is -0.346 e. The van der Waals surface area contributed by atoms with Crippen molar-refractivity contribution in [2.45, 2.75) is 24.8 Å². The summed E-state index contributed by atoms with van der Waals surface area (Å²) in [6.07, 6.45) is 3.34. The van der Waals surface area contributed by atoms with E-state index < -0.39 is 10.0 Å². The predicted molar refractivity (Wildman–Crippen MR) is 113 cm³/mol. The van der Waals surface area contributed by atoms with Gasteiger partial charge in [-0.25, -0.2) is 8.42 Å². The summed E-state index contributed by atoms with van der Waals surface area (Å²) in [6.45, 7) is 3.97. The lowest BCUT2D eigenvalue weighted by atomic mass is 10.1. The van der Waals surface area contributed by atoms with Gasteiger partial charge in [0.25, 0.3) is 15.9 Å². The Hall–Kier alpha value is -3.19. The molecule has 7 heteroatoms. The van der Waals surface area contributed by atoms with Gasteiger partial charge >= 0.3 is 0 Å². The van der Waals surface area contributed by atoms with E-state index in [1.807, 2.05) is 25.1 Å². The van der Waals surface area contributed by atoms with Gasteiger partial charge in [-0.2, -0.15) is 0 Å². The van der Waals surface area contributed by atoms with Gasteiger partial charge in [-0.15, -0.1) is 0 Å². The number of benzene rings is 2. The van der Waals surface area contributed by atoms with Crippen LogP contribution in [-0.4, -0.2) is 25.9 Å². The first-order valence-corrected chi connectivity index (χ1v) is 10.8. The molecule has 0 aliphatic carbocycles. The molecule has 0 spiro atoms. The highest BCUT2D eigenvalue weighted by Gasteiger charge is 2.23. The molecule has 6 nitrogen and oxygen atoms in total. The standard InChI is InChI=1S/C22H23N3O3S/c1-3-25(20-7-5-4-6-8-20)29(27,28)21-11-9-19(10-12-21)22(26)24-17(2)18-13-15-23-16-14-18/h4-17H,3H2,1-2H3,(H,24,26). The number of nitrogens with zero attached hydrogens (tertiary/aromatic N) is 2. The lowest BCUT2D eigenvalue weighted by molar-refractivity contribution is 0.0939. The molecule has 3 rings (SSSR count). The van der Waals surface area contributed by atoms with Gasteiger partial charge in [0.05, 0.1) is 16.6 Å². The fourth-order valence-electron chi connectivity index (χ4n) is 3.01. The SMILES string of the molecule is CCN(c1ccccc1)S(=O)(=O)c1ccc(C(=O)NC(C)c2ccncc2)cc1. The lowest BCUT2D eigenvalue weighted by Gasteiger charge is -2.23. The Morgan fingerprint density at radius 3 is 2.21 bits per heavy atom. The van der Waals surface area contributed by atoms with Crippen molar-refractivity contribution in [1.29, 1.82) is 0 Å². The Morgan fingerprint density at radius 1 is 1.00 bits per heavy atom. The minimum atomic E-state index is -3.72. The van der Waals surface area contributed by atoms with Crippen LogP contribution in [-0.2, 0) is 10.0 Å². The highest BCUT2D eigenvalue weighted by Crippen LogP contribution is 2.23. The van der Waals surface area contributed by atoms with Gasteiger partial charge < -0.3 is 5.32 Å². The first-order chi connectivity index (χ1) is 13.9. The summed E-state index contributed by atoms with van der Waals surface area (Å²) in [4.78, 5) is 16.6. The van der Waals surface area contributed by atoms with Crippen molar-refractivity contribution in [3.8, 4) is 0 Å². The predicted octanol–water partition coefficient (Wildman–Crippen LogP) is 3.79. The number of rotatable bonds is 7. The zero-order valence-electron chi connectivity index (χ0n) is 16.3. The van der Waals surface area contributed by atoms with Gasteiger partial charge in [-0.1, -0.05) is 18.2 Å². The molecular weight excluding hydrogens is 386 g/mol. The fourth-order valence-corrected chi connectivity index (χ4v) is 4.48. The van der Waals surface area contributed by atoms with Crippen LogP contribution in [0.5, 0.6) is 0 Å². The molecule has 1 unspecified atom stereocenters. The maximum atomic E-state index is 13.0. The molecule has 0 fully saturated rings. The molecule has 0 saturated heterocycles. The molecule has 1 heterocycles. The summed E-state index contributed by atoms with van der Waals surface area (Å²) in [7, 11) is -3.72. The summed E-state index contributed by atoms with van der Waals surface area (Å²) in [5.74, 6) is -0.270. The van der Waals surface area contributed by atoms with Gasteiger partial charge in [0.2, 0.25) is 0 Å². The van der Waals surface area contributed by atoms with E-state index in [0.29, 0.717) is 17.8 Å². The van der Waals surface area contributed by atoms with Crippen molar-refractivity contribution in [2.75, 3.05) is 10.8 Å². The molecule has 29 heavy (non-hydrogen) atoms. The normalized spacial score (nSPS) is 12.2.